The number of methoxy groups -OCH3 is 1. The predicted octanol–water partition coefficient (Wildman–Crippen LogP) is 4.31. The molecule has 0 aromatic heterocycles. The summed E-state index contributed by atoms with van der Waals surface area (Å²) in [6.45, 7) is 3.85. The van der Waals surface area contributed by atoms with Crippen molar-refractivity contribution in [1.82, 2.24) is 0 Å². The first-order chi connectivity index (χ1) is 9.06. The van der Waals surface area contributed by atoms with E-state index in [1.54, 1.807) is 7.11 Å². The van der Waals surface area contributed by atoms with Gasteiger partial charge in [-0.2, -0.15) is 0 Å². The molecule has 0 N–H and O–H groups in total. The summed E-state index contributed by atoms with van der Waals surface area (Å²) >= 11 is 3.49. The molecule has 2 rings (SSSR count). The van der Waals surface area contributed by atoms with E-state index in [-0.39, 0.29) is 5.78 Å². The predicted molar refractivity (Wildman–Crippen MR) is 80.0 cm³/mol. The van der Waals surface area contributed by atoms with Gasteiger partial charge in [0.2, 0.25) is 0 Å². The Bertz CT molecular complexity index is 618. The highest BCUT2D eigenvalue weighted by molar-refractivity contribution is 9.10. The van der Waals surface area contributed by atoms with Crippen LogP contribution < -0.4 is 4.74 Å². The Labute approximate surface area is 121 Å². The molecule has 0 fully saturated rings. The highest BCUT2D eigenvalue weighted by Gasteiger charge is 2.20. The number of carbonyl (C=O) groups excluding carboxylic acids is 1. The number of benzene rings is 2. The van der Waals surface area contributed by atoms with E-state index in [2.05, 4.69) is 15.9 Å². The largest absolute Gasteiger partial charge is 0.496 e. The second-order valence-corrected chi connectivity index (χ2v) is 5.26. The number of carbonyl (C=O) groups is 1. The Hall–Kier alpha value is -1.61. The van der Waals surface area contributed by atoms with Gasteiger partial charge in [-0.25, -0.2) is 0 Å². The maximum Gasteiger partial charge on any atom is 0.197 e. The average Bonchev–Trinajstić information content (AvgIpc) is 2.42. The van der Waals surface area contributed by atoms with Crippen LogP contribution in [0.5, 0.6) is 5.75 Å². The molecule has 98 valence electrons. The van der Waals surface area contributed by atoms with Crippen molar-refractivity contribution in [2.24, 2.45) is 0 Å². The van der Waals surface area contributed by atoms with E-state index >= 15 is 0 Å². The van der Waals surface area contributed by atoms with Gasteiger partial charge in [-0.3, -0.25) is 4.79 Å². The lowest BCUT2D eigenvalue weighted by Crippen LogP contribution is -2.08. The fourth-order valence-corrected chi connectivity index (χ4v) is 2.66. The van der Waals surface area contributed by atoms with E-state index in [0.29, 0.717) is 16.9 Å². The molecule has 0 aliphatic heterocycles. The van der Waals surface area contributed by atoms with Gasteiger partial charge < -0.3 is 4.74 Å². The molecule has 0 saturated carbocycles. The summed E-state index contributed by atoms with van der Waals surface area (Å²) in [5, 5.41) is 0. The van der Waals surface area contributed by atoms with Crippen LogP contribution in [0.4, 0.5) is 0 Å². The first kappa shape index (κ1) is 13.8. The summed E-state index contributed by atoms with van der Waals surface area (Å²) in [4.78, 5) is 12.7. The summed E-state index contributed by atoms with van der Waals surface area (Å²) in [5.74, 6) is 0.633. The molecular weight excluding hydrogens is 304 g/mol. The number of ketones is 1. The van der Waals surface area contributed by atoms with Gasteiger partial charge >= 0.3 is 0 Å². The van der Waals surface area contributed by atoms with Gasteiger partial charge in [0.25, 0.3) is 0 Å². The molecule has 0 aliphatic carbocycles. The van der Waals surface area contributed by atoms with E-state index < -0.39 is 0 Å². The van der Waals surface area contributed by atoms with Crippen LogP contribution in [0.2, 0.25) is 0 Å². The van der Waals surface area contributed by atoms with Crippen LogP contribution in [-0.2, 0) is 0 Å². The van der Waals surface area contributed by atoms with Crippen LogP contribution in [0.1, 0.15) is 27.0 Å². The quantitative estimate of drug-likeness (QED) is 0.788. The SMILES string of the molecule is COc1c(C)cc(Br)c(C)c1C(=O)c1ccccc1. The Balaban J connectivity index is 2.65. The molecule has 0 aliphatic rings. The molecule has 0 heterocycles. The fourth-order valence-electron chi connectivity index (χ4n) is 2.12. The monoisotopic (exact) mass is 318 g/mol. The summed E-state index contributed by atoms with van der Waals surface area (Å²) in [6.07, 6.45) is 0. The zero-order valence-corrected chi connectivity index (χ0v) is 12.7. The second kappa shape index (κ2) is 5.57. The molecule has 0 unspecified atom stereocenters. The Kier molecular flexibility index (Phi) is 4.05. The number of ether oxygens (including phenoxy) is 1. The third kappa shape index (κ3) is 2.56. The minimum atomic E-state index is -0.0145. The summed E-state index contributed by atoms with van der Waals surface area (Å²) in [7, 11) is 1.59. The van der Waals surface area contributed by atoms with E-state index in [9.17, 15) is 4.79 Å². The number of rotatable bonds is 3. The molecule has 0 saturated heterocycles. The topological polar surface area (TPSA) is 26.3 Å². The van der Waals surface area contributed by atoms with Crippen molar-refractivity contribution in [2.75, 3.05) is 7.11 Å². The molecule has 0 radical (unpaired) electrons. The summed E-state index contributed by atoms with van der Waals surface area (Å²) in [5.41, 5.74) is 3.14. The van der Waals surface area contributed by atoms with E-state index in [1.165, 1.54) is 0 Å². The lowest BCUT2D eigenvalue weighted by molar-refractivity contribution is 0.103. The second-order valence-electron chi connectivity index (χ2n) is 4.40. The summed E-state index contributed by atoms with van der Waals surface area (Å²) in [6, 6.07) is 11.2. The molecular formula is C16H15BrO2. The standard InChI is InChI=1S/C16H15BrO2/c1-10-9-13(17)11(2)14(16(10)19-3)15(18)12-7-5-4-6-8-12/h4-9H,1-3H3. The zero-order valence-electron chi connectivity index (χ0n) is 11.2. The molecule has 0 atom stereocenters. The van der Waals surface area contributed by atoms with E-state index in [1.807, 2.05) is 50.2 Å². The Morgan fingerprint density at radius 3 is 2.37 bits per heavy atom. The molecule has 0 amide bonds. The molecule has 0 bridgehead atoms. The minimum absolute atomic E-state index is 0.0145. The van der Waals surface area contributed by atoms with Crippen LogP contribution >= 0.6 is 15.9 Å². The number of hydrogen-bond acceptors (Lipinski definition) is 2. The smallest absolute Gasteiger partial charge is 0.197 e. The number of hydrogen-bond donors (Lipinski definition) is 0. The number of aryl methyl sites for hydroxylation is 1. The van der Waals surface area contributed by atoms with Crippen molar-refractivity contribution in [2.45, 2.75) is 13.8 Å². The highest BCUT2D eigenvalue weighted by atomic mass is 79.9. The van der Waals surface area contributed by atoms with Crippen molar-refractivity contribution in [3.63, 3.8) is 0 Å². The lowest BCUT2D eigenvalue weighted by Gasteiger charge is -2.15. The van der Waals surface area contributed by atoms with Crippen molar-refractivity contribution >= 4 is 21.7 Å². The van der Waals surface area contributed by atoms with Crippen LogP contribution in [0.25, 0.3) is 0 Å². The van der Waals surface area contributed by atoms with Gasteiger partial charge in [-0.1, -0.05) is 46.3 Å². The third-order valence-electron chi connectivity index (χ3n) is 3.13. The van der Waals surface area contributed by atoms with Gasteiger partial charge in [0.1, 0.15) is 5.75 Å². The first-order valence-electron chi connectivity index (χ1n) is 5.99. The normalized spacial score (nSPS) is 10.3. The molecule has 0 spiro atoms. The van der Waals surface area contributed by atoms with E-state index in [4.69, 9.17) is 4.74 Å². The first-order valence-corrected chi connectivity index (χ1v) is 6.79. The van der Waals surface area contributed by atoms with Crippen molar-refractivity contribution in [3.8, 4) is 5.75 Å². The van der Waals surface area contributed by atoms with E-state index in [0.717, 1.165) is 15.6 Å². The maximum absolute atomic E-state index is 12.7. The van der Waals surface area contributed by atoms with Gasteiger partial charge in [0.15, 0.2) is 5.78 Å². The van der Waals surface area contributed by atoms with Crippen LogP contribution in [-0.4, -0.2) is 12.9 Å². The molecule has 19 heavy (non-hydrogen) atoms. The van der Waals surface area contributed by atoms with Crippen molar-refractivity contribution in [3.05, 3.63) is 63.1 Å². The third-order valence-corrected chi connectivity index (χ3v) is 3.95. The highest BCUT2D eigenvalue weighted by Crippen LogP contribution is 2.33. The average molecular weight is 319 g/mol. The molecule has 2 nitrogen and oxygen atoms in total. The molecule has 3 heteroatoms. The van der Waals surface area contributed by atoms with Gasteiger partial charge in [-0.15, -0.1) is 0 Å². The molecule has 2 aromatic carbocycles. The van der Waals surface area contributed by atoms with Crippen LogP contribution in [0.15, 0.2) is 40.9 Å². The van der Waals surface area contributed by atoms with Gasteiger partial charge in [0, 0.05) is 10.0 Å². The van der Waals surface area contributed by atoms with Crippen LogP contribution in [0, 0.1) is 13.8 Å². The Morgan fingerprint density at radius 1 is 1.16 bits per heavy atom. The lowest BCUT2D eigenvalue weighted by atomic mass is 9.96. The van der Waals surface area contributed by atoms with Gasteiger partial charge in [-0.05, 0) is 31.0 Å². The maximum atomic E-state index is 12.7. The summed E-state index contributed by atoms with van der Waals surface area (Å²) < 4.78 is 6.33. The zero-order chi connectivity index (χ0) is 14.0. The van der Waals surface area contributed by atoms with Crippen molar-refractivity contribution < 1.29 is 9.53 Å². The minimum Gasteiger partial charge on any atom is -0.496 e. The Morgan fingerprint density at radius 2 is 1.79 bits per heavy atom. The fraction of sp³-hybridized carbons (Fsp3) is 0.188. The number of halogens is 1. The molecule has 2 aromatic rings. The van der Waals surface area contributed by atoms with Crippen LogP contribution in [0.3, 0.4) is 0 Å². The van der Waals surface area contributed by atoms with Gasteiger partial charge in [0.05, 0.1) is 12.7 Å². The van der Waals surface area contributed by atoms with Crippen molar-refractivity contribution in [1.29, 1.82) is 0 Å².